The van der Waals surface area contributed by atoms with Crippen LogP contribution in [-0.2, 0) is 4.79 Å². The molecule has 0 spiro atoms. The lowest BCUT2D eigenvalue weighted by molar-refractivity contribution is -0.109. The first-order chi connectivity index (χ1) is 6.72. The quantitative estimate of drug-likeness (QED) is 0.692. The second-order valence-corrected chi connectivity index (χ2v) is 3.04. The fraction of sp³-hybridized carbons (Fsp3) is 0.364. The van der Waals surface area contributed by atoms with Gasteiger partial charge in [0.25, 0.3) is 0 Å². The van der Waals surface area contributed by atoms with E-state index in [4.69, 9.17) is 4.74 Å². The minimum atomic E-state index is -0.426. The Morgan fingerprint density at radius 1 is 1.57 bits per heavy atom. The van der Waals surface area contributed by atoms with Crippen LogP contribution in [0.15, 0.2) is 18.2 Å². The van der Waals surface area contributed by atoms with Gasteiger partial charge in [0, 0.05) is 5.92 Å². The predicted molar refractivity (Wildman–Crippen MR) is 52.0 cm³/mol. The zero-order valence-electron chi connectivity index (χ0n) is 8.29. The number of hydrogen-bond donors (Lipinski definition) is 0. The minimum absolute atomic E-state index is 0.203. The first-order valence-electron chi connectivity index (χ1n) is 4.51. The molecule has 1 unspecified atom stereocenters. The second kappa shape index (κ2) is 4.74. The fourth-order valence-corrected chi connectivity index (χ4v) is 1.32. The van der Waals surface area contributed by atoms with Crippen LogP contribution in [0.4, 0.5) is 4.39 Å². The fourth-order valence-electron chi connectivity index (χ4n) is 1.32. The van der Waals surface area contributed by atoms with Gasteiger partial charge in [-0.25, -0.2) is 4.39 Å². The number of methoxy groups -OCH3 is 1. The summed E-state index contributed by atoms with van der Waals surface area (Å²) in [7, 11) is 1.41. The van der Waals surface area contributed by atoms with E-state index < -0.39 is 5.82 Å². The zero-order chi connectivity index (χ0) is 10.6. The van der Waals surface area contributed by atoms with E-state index in [1.807, 2.05) is 6.92 Å². The summed E-state index contributed by atoms with van der Waals surface area (Å²) in [5.74, 6) is -0.449. The second-order valence-electron chi connectivity index (χ2n) is 3.04. The molecule has 2 nitrogen and oxygen atoms in total. The van der Waals surface area contributed by atoms with Crippen LogP contribution in [0.25, 0.3) is 0 Å². The highest BCUT2D eigenvalue weighted by Crippen LogP contribution is 2.23. The number of benzene rings is 1. The number of aldehydes is 1. The molecule has 1 rings (SSSR count). The van der Waals surface area contributed by atoms with Crippen LogP contribution >= 0.6 is 0 Å². The number of halogens is 1. The molecule has 0 N–H and O–H groups in total. The Bertz CT molecular complexity index is 323. The van der Waals surface area contributed by atoms with Crippen molar-refractivity contribution in [2.24, 2.45) is 0 Å². The van der Waals surface area contributed by atoms with Crippen LogP contribution < -0.4 is 4.74 Å². The van der Waals surface area contributed by atoms with E-state index in [1.165, 1.54) is 19.2 Å². The molecule has 0 bridgehead atoms. The molecular formula is C11H13FO2. The van der Waals surface area contributed by atoms with Crippen molar-refractivity contribution in [3.8, 4) is 5.75 Å². The lowest BCUT2D eigenvalue weighted by Crippen LogP contribution is -1.99. The third kappa shape index (κ3) is 2.10. The van der Waals surface area contributed by atoms with Gasteiger partial charge < -0.3 is 9.53 Å². The summed E-state index contributed by atoms with van der Waals surface area (Å²) >= 11 is 0. The van der Waals surface area contributed by atoms with Crippen molar-refractivity contribution in [2.75, 3.05) is 7.11 Å². The van der Waals surface area contributed by atoms with Gasteiger partial charge in [-0.2, -0.15) is 0 Å². The van der Waals surface area contributed by atoms with Gasteiger partial charge in [0.1, 0.15) is 6.29 Å². The summed E-state index contributed by atoms with van der Waals surface area (Å²) in [5, 5.41) is 0. The average molecular weight is 196 g/mol. The topological polar surface area (TPSA) is 26.3 Å². The first-order valence-corrected chi connectivity index (χ1v) is 4.51. The molecule has 1 aromatic carbocycles. The molecule has 1 atom stereocenters. The van der Waals surface area contributed by atoms with Gasteiger partial charge in [0.2, 0.25) is 0 Å². The van der Waals surface area contributed by atoms with E-state index in [0.717, 1.165) is 6.29 Å². The van der Waals surface area contributed by atoms with Crippen LogP contribution in [0.5, 0.6) is 5.75 Å². The largest absolute Gasteiger partial charge is 0.494 e. The summed E-state index contributed by atoms with van der Waals surface area (Å²) < 4.78 is 18.0. The highest BCUT2D eigenvalue weighted by molar-refractivity contribution is 5.62. The maximum absolute atomic E-state index is 13.2. The molecule has 3 heteroatoms. The smallest absolute Gasteiger partial charge is 0.165 e. The monoisotopic (exact) mass is 196 g/mol. The Balaban J connectivity index is 3.01. The SMILES string of the molecule is CCC(C=O)c1ccc(OC)c(F)c1. The molecule has 0 aliphatic heterocycles. The Labute approximate surface area is 82.7 Å². The number of rotatable bonds is 4. The standard InChI is InChI=1S/C11H13FO2/c1-3-8(7-13)9-4-5-11(14-2)10(12)6-9/h4-8H,3H2,1-2H3. The van der Waals surface area contributed by atoms with Crippen LogP contribution in [0.2, 0.25) is 0 Å². The van der Waals surface area contributed by atoms with E-state index in [0.29, 0.717) is 12.0 Å². The van der Waals surface area contributed by atoms with E-state index in [1.54, 1.807) is 6.07 Å². The van der Waals surface area contributed by atoms with Crippen molar-refractivity contribution in [3.05, 3.63) is 29.6 Å². The van der Waals surface area contributed by atoms with Crippen molar-refractivity contribution in [3.63, 3.8) is 0 Å². The van der Waals surface area contributed by atoms with Gasteiger partial charge in [-0.1, -0.05) is 13.0 Å². The van der Waals surface area contributed by atoms with Gasteiger partial charge in [-0.15, -0.1) is 0 Å². The highest BCUT2D eigenvalue weighted by atomic mass is 19.1. The van der Waals surface area contributed by atoms with Gasteiger partial charge >= 0.3 is 0 Å². The minimum Gasteiger partial charge on any atom is -0.494 e. The molecule has 0 amide bonds. The number of carbonyl (C=O) groups is 1. The molecule has 1 aromatic rings. The Morgan fingerprint density at radius 2 is 2.29 bits per heavy atom. The summed E-state index contributed by atoms with van der Waals surface area (Å²) in [6.07, 6.45) is 1.51. The summed E-state index contributed by atoms with van der Waals surface area (Å²) in [4.78, 5) is 10.6. The zero-order valence-corrected chi connectivity index (χ0v) is 8.29. The Morgan fingerprint density at radius 3 is 2.71 bits per heavy atom. The number of ether oxygens (including phenoxy) is 1. The number of hydrogen-bond acceptors (Lipinski definition) is 2. The third-order valence-corrected chi connectivity index (χ3v) is 2.21. The molecule has 14 heavy (non-hydrogen) atoms. The molecule has 0 radical (unpaired) electrons. The van der Waals surface area contributed by atoms with Crippen LogP contribution in [0.3, 0.4) is 0 Å². The molecule has 0 aliphatic rings. The van der Waals surface area contributed by atoms with Crippen molar-refractivity contribution in [1.29, 1.82) is 0 Å². The molecular weight excluding hydrogens is 183 g/mol. The lowest BCUT2D eigenvalue weighted by Gasteiger charge is -2.09. The van der Waals surface area contributed by atoms with Crippen molar-refractivity contribution in [1.82, 2.24) is 0 Å². The Kier molecular flexibility index (Phi) is 3.63. The predicted octanol–water partition coefficient (Wildman–Crippen LogP) is 2.53. The average Bonchev–Trinajstić information content (AvgIpc) is 2.20. The molecule has 76 valence electrons. The van der Waals surface area contributed by atoms with Gasteiger partial charge in [0.15, 0.2) is 11.6 Å². The van der Waals surface area contributed by atoms with Crippen LogP contribution in [0, 0.1) is 5.82 Å². The van der Waals surface area contributed by atoms with Gasteiger partial charge in [-0.05, 0) is 24.1 Å². The maximum atomic E-state index is 13.2. The third-order valence-electron chi connectivity index (χ3n) is 2.21. The molecule has 0 aromatic heterocycles. The number of carbonyl (C=O) groups excluding carboxylic acids is 1. The van der Waals surface area contributed by atoms with Gasteiger partial charge in [0.05, 0.1) is 7.11 Å². The lowest BCUT2D eigenvalue weighted by atomic mass is 9.98. The molecule has 0 saturated heterocycles. The van der Waals surface area contributed by atoms with Crippen molar-refractivity contribution < 1.29 is 13.9 Å². The molecule has 0 heterocycles. The van der Waals surface area contributed by atoms with Crippen molar-refractivity contribution >= 4 is 6.29 Å². The van der Waals surface area contributed by atoms with E-state index >= 15 is 0 Å². The summed E-state index contributed by atoms with van der Waals surface area (Å²) in [5.41, 5.74) is 0.695. The van der Waals surface area contributed by atoms with E-state index in [-0.39, 0.29) is 11.7 Å². The molecule has 0 saturated carbocycles. The first kappa shape index (κ1) is 10.7. The normalized spacial score (nSPS) is 12.2. The summed E-state index contributed by atoms with van der Waals surface area (Å²) in [6.45, 7) is 1.89. The summed E-state index contributed by atoms with van der Waals surface area (Å²) in [6, 6.07) is 4.60. The highest BCUT2D eigenvalue weighted by Gasteiger charge is 2.10. The van der Waals surface area contributed by atoms with E-state index in [9.17, 15) is 9.18 Å². The molecule has 0 aliphatic carbocycles. The van der Waals surface area contributed by atoms with Crippen LogP contribution in [-0.4, -0.2) is 13.4 Å². The van der Waals surface area contributed by atoms with Gasteiger partial charge in [-0.3, -0.25) is 0 Å². The molecule has 0 fully saturated rings. The Hall–Kier alpha value is -1.38. The van der Waals surface area contributed by atoms with Crippen LogP contribution in [0.1, 0.15) is 24.8 Å². The maximum Gasteiger partial charge on any atom is 0.165 e. The van der Waals surface area contributed by atoms with Crippen molar-refractivity contribution in [2.45, 2.75) is 19.3 Å². The van der Waals surface area contributed by atoms with E-state index in [2.05, 4.69) is 0 Å².